The second-order valence-corrected chi connectivity index (χ2v) is 4.54. The van der Waals surface area contributed by atoms with E-state index in [1.54, 1.807) is 7.11 Å². The van der Waals surface area contributed by atoms with E-state index in [-0.39, 0.29) is 4.82 Å². The zero-order valence-electron chi connectivity index (χ0n) is 8.22. The number of ether oxygens (including phenoxy) is 1. The molecule has 5 heteroatoms. The Labute approximate surface area is 105 Å². The van der Waals surface area contributed by atoms with Crippen LogP contribution >= 0.6 is 31.9 Å². The van der Waals surface area contributed by atoms with Crippen LogP contribution in [0.25, 0.3) is 0 Å². The molecule has 0 spiro atoms. The molecule has 0 atom stereocenters. The van der Waals surface area contributed by atoms with Gasteiger partial charge in [-0.05, 0) is 30.2 Å². The van der Waals surface area contributed by atoms with Crippen LogP contribution in [0.3, 0.4) is 0 Å². The van der Waals surface area contributed by atoms with Crippen LogP contribution in [0, 0.1) is 0 Å². The van der Waals surface area contributed by atoms with E-state index in [0.717, 1.165) is 22.2 Å². The molecule has 1 amide bonds. The Bertz CT molecular complexity index is 355. The molecule has 0 unspecified atom stereocenters. The summed E-state index contributed by atoms with van der Waals surface area (Å²) in [6, 6.07) is 5.81. The molecule has 0 saturated carbocycles. The highest BCUT2D eigenvalue weighted by atomic mass is 79.9. The lowest BCUT2D eigenvalue weighted by atomic mass is 10.1. The number of benzene rings is 1. The highest BCUT2D eigenvalue weighted by molar-refractivity contribution is 9.18. The largest absolute Gasteiger partial charge is 0.496 e. The molecule has 0 aromatic heterocycles. The predicted molar refractivity (Wildman–Crippen MR) is 66.7 cm³/mol. The standard InChI is InChI=1S/C10H11Br2NO2/c1-15-9-3-2-8(11)6-7(9)4-5-13-10(12)14/h2-3,6H,4-5H2,1H3,(H,13,14). The van der Waals surface area contributed by atoms with Crippen LogP contribution in [0.5, 0.6) is 5.75 Å². The van der Waals surface area contributed by atoms with Gasteiger partial charge >= 0.3 is 0 Å². The number of amides is 1. The number of hydrogen-bond donors (Lipinski definition) is 1. The molecule has 1 rings (SSSR count). The fourth-order valence-corrected chi connectivity index (χ4v) is 1.84. The van der Waals surface area contributed by atoms with Gasteiger partial charge in [0.2, 0.25) is 0 Å². The van der Waals surface area contributed by atoms with Crippen molar-refractivity contribution < 1.29 is 9.53 Å². The number of nitrogens with one attached hydrogen (secondary N) is 1. The summed E-state index contributed by atoms with van der Waals surface area (Å²) >= 11 is 6.20. The third kappa shape index (κ3) is 4.22. The quantitative estimate of drug-likeness (QED) is 0.677. The van der Waals surface area contributed by atoms with Gasteiger partial charge in [0, 0.05) is 26.9 Å². The Morgan fingerprint density at radius 2 is 2.27 bits per heavy atom. The fourth-order valence-electron chi connectivity index (χ4n) is 1.24. The van der Waals surface area contributed by atoms with Gasteiger partial charge in [0.15, 0.2) is 0 Å². The van der Waals surface area contributed by atoms with Gasteiger partial charge in [-0.1, -0.05) is 15.9 Å². The first-order valence-corrected chi connectivity index (χ1v) is 5.98. The lowest BCUT2D eigenvalue weighted by molar-refractivity contribution is 0.262. The Morgan fingerprint density at radius 3 is 2.87 bits per heavy atom. The maximum Gasteiger partial charge on any atom is 0.287 e. The van der Waals surface area contributed by atoms with E-state index in [1.807, 2.05) is 18.2 Å². The molecule has 0 aliphatic rings. The second kappa shape index (κ2) is 6.12. The summed E-state index contributed by atoms with van der Waals surface area (Å²) in [5.41, 5.74) is 1.06. The van der Waals surface area contributed by atoms with Crippen molar-refractivity contribution >= 4 is 36.7 Å². The monoisotopic (exact) mass is 335 g/mol. The van der Waals surface area contributed by atoms with Crippen molar-refractivity contribution in [2.24, 2.45) is 0 Å². The van der Waals surface area contributed by atoms with Gasteiger partial charge in [0.1, 0.15) is 5.75 Å². The van der Waals surface area contributed by atoms with Gasteiger partial charge in [-0.25, -0.2) is 0 Å². The van der Waals surface area contributed by atoms with Gasteiger partial charge in [0.05, 0.1) is 7.11 Å². The SMILES string of the molecule is COc1ccc(Br)cc1CCNC(=O)Br. The van der Waals surface area contributed by atoms with Crippen LogP contribution in [0.2, 0.25) is 0 Å². The Balaban J connectivity index is 2.65. The van der Waals surface area contributed by atoms with Crippen LogP contribution in [-0.2, 0) is 6.42 Å². The summed E-state index contributed by atoms with van der Waals surface area (Å²) in [4.78, 5) is 10.4. The molecule has 0 bridgehead atoms. The van der Waals surface area contributed by atoms with Gasteiger partial charge in [-0.15, -0.1) is 0 Å². The van der Waals surface area contributed by atoms with Crippen LogP contribution < -0.4 is 10.1 Å². The molecule has 15 heavy (non-hydrogen) atoms. The maximum atomic E-state index is 10.6. The predicted octanol–water partition coefficient (Wildman–Crippen LogP) is 3.10. The van der Waals surface area contributed by atoms with Gasteiger partial charge in [-0.2, -0.15) is 0 Å². The molecule has 0 fully saturated rings. The number of carbonyl (C=O) groups is 1. The minimum absolute atomic E-state index is 0.198. The van der Waals surface area contributed by atoms with Gasteiger partial charge in [-0.3, -0.25) is 4.79 Å². The summed E-state index contributed by atoms with van der Waals surface area (Å²) < 4.78 is 6.22. The molecule has 0 saturated heterocycles. The number of halogens is 2. The van der Waals surface area contributed by atoms with E-state index >= 15 is 0 Å². The molecular formula is C10H11Br2NO2. The zero-order valence-corrected chi connectivity index (χ0v) is 11.4. The van der Waals surface area contributed by atoms with Crippen molar-refractivity contribution in [3.05, 3.63) is 28.2 Å². The number of carbonyl (C=O) groups excluding carboxylic acids is 1. The third-order valence-corrected chi connectivity index (χ3v) is 2.67. The van der Waals surface area contributed by atoms with Crippen molar-refractivity contribution in [3.8, 4) is 5.75 Å². The Kier molecular flexibility index (Phi) is 5.11. The smallest absolute Gasteiger partial charge is 0.287 e. The second-order valence-electron chi connectivity index (χ2n) is 2.91. The number of rotatable bonds is 4. The van der Waals surface area contributed by atoms with E-state index in [0.29, 0.717) is 6.54 Å². The molecule has 1 aromatic rings. The van der Waals surface area contributed by atoms with Crippen LogP contribution in [0.15, 0.2) is 22.7 Å². The van der Waals surface area contributed by atoms with Crippen LogP contribution in [0.4, 0.5) is 4.79 Å². The molecule has 3 nitrogen and oxygen atoms in total. The average molecular weight is 337 g/mol. The van der Waals surface area contributed by atoms with Crippen molar-refractivity contribution in [1.29, 1.82) is 0 Å². The fraction of sp³-hybridized carbons (Fsp3) is 0.300. The first kappa shape index (κ1) is 12.5. The highest BCUT2D eigenvalue weighted by Gasteiger charge is 2.03. The third-order valence-electron chi connectivity index (χ3n) is 1.90. The maximum absolute atomic E-state index is 10.6. The molecule has 0 aliphatic heterocycles. The summed E-state index contributed by atoms with van der Waals surface area (Å²) in [5.74, 6) is 0.835. The normalized spacial score (nSPS) is 9.80. The minimum atomic E-state index is -0.198. The van der Waals surface area contributed by atoms with E-state index in [1.165, 1.54) is 0 Å². The lowest BCUT2D eigenvalue weighted by Crippen LogP contribution is -2.19. The summed E-state index contributed by atoms with van der Waals surface area (Å²) in [7, 11) is 1.63. The minimum Gasteiger partial charge on any atom is -0.496 e. The molecule has 0 heterocycles. The first-order valence-electron chi connectivity index (χ1n) is 4.39. The molecule has 1 N–H and O–H groups in total. The average Bonchev–Trinajstić information content (AvgIpc) is 2.17. The van der Waals surface area contributed by atoms with Crippen molar-refractivity contribution in [1.82, 2.24) is 5.32 Å². The van der Waals surface area contributed by atoms with Gasteiger partial charge in [0.25, 0.3) is 4.82 Å². The van der Waals surface area contributed by atoms with E-state index < -0.39 is 0 Å². The summed E-state index contributed by atoms with van der Waals surface area (Å²) in [6.45, 7) is 0.580. The summed E-state index contributed by atoms with van der Waals surface area (Å²) in [5, 5.41) is 2.67. The number of methoxy groups -OCH3 is 1. The molecular weight excluding hydrogens is 326 g/mol. The van der Waals surface area contributed by atoms with Crippen molar-refractivity contribution in [3.63, 3.8) is 0 Å². The molecule has 82 valence electrons. The molecule has 0 aliphatic carbocycles. The highest BCUT2D eigenvalue weighted by Crippen LogP contribution is 2.23. The molecule has 1 aromatic carbocycles. The van der Waals surface area contributed by atoms with Crippen LogP contribution in [-0.4, -0.2) is 18.5 Å². The van der Waals surface area contributed by atoms with Crippen molar-refractivity contribution in [2.75, 3.05) is 13.7 Å². The number of hydrogen-bond acceptors (Lipinski definition) is 2. The van der Waals surface area contributed by atoms with E-state index in [4.69, 9.17) is 4.74 Å². The lowest BCUT2D eigenvalue weighted by Gasteiger charge is -2.08. The van der Waals surface area contributed by atoms with Gasteiger partial charge < -0.3 is 10.1 Å². The Morgan fingerprint density at radius 1 is 1.53 bits per heavy atom. The van der Waals surface area contributed by atoms with Crippen molar-refractivity contribution in [2.45, 2.75) is 6.42 Å². The van der Waals surface area contributed by atoms with E-state index in [9.17, 15) is 4.79 Å². The topological polar surface area (TPSA) is 38.3 Å². The molecule has 0 radical (unpaired) electrons. The summed E-state index contributed by atoms with van der Waals surface area (Å²) in [6.07, 6.45) is 0.736. The Hall–Kier alpha value is -0.550. The van der Waals surface area contributed by atoms with Crippen LogP contribution in [0.1, 0.15) is 5.56 Å². The zero-order chi connectivity index (χ0) is 11.3. The first-order chi connectivity index (χ1) is 7.13. The van der Waals surface area contributed by atoms with E-state index in [2.05, 4.69) is 37.2 Å².